The maximum absolute atomic E-state index is 12.3. The van der Waals surface area contributed by atoms with Crippen LogP contribution in [-0.4, -0.2) is 31.9 Å². The van der Waals surface area contributed by atoms with Gasteiger partial charge >= 0.3 is 11.9 Å². The third-order valence-corrected chi connectivity index (χ3v) is 4.26. The maximum Gasteiger partial charge on any atom is 0.339 e. The molecule has 22 heavy (non-hydrogen) atoms. The van der Waals surface area contributed by atoms with Crippen LogP contribution >= 0.6 is 0 Å². The lowest BCUT2D eigenvalue weighted by molar-refractivity contribution is 0.0553. The molecule has 1 aromatic rings. The van der Waals surface area contributed by atoms with E-state index in [2.05, 4.69) is 0 Å². The van der Waals surface area contributed by atoms with Crippen molar-refractivity contribution in [2.45, 2.75) is 26.7 Å². The largest absolute Gasteiger partial charge is 0.465 e. The molecular weight excluding hydrogens is 284 g/mol. The lowest BCUT2D eigenvalue weighted by Crippen LogP contribution is -2.27. The molecule has 0 aliphatic heterocycles. The number of ether oxygens (including phenoxy) is 2. The Balaban J connectivity index is 2.66. The first-order valence-electron chi connectivity index (χ1n) is 7.26. The van der Waals surface area contributed by atoms with Gasteiger partial charge < -0.3 is 9.47 Å². The van der Waals surface area contributed by atoms with Crippen molar-refractivity contribution in [2.75, 3.05) is 14.2 Å². The molecule has 0 bridgehead atoms. The highest BCUT2D eigenvalue weighted by atomic mass is 16.5. The minimum absolute atomic E-state index is 0.00141. The molecule has 1 aliphatic carbocycles. The Morgan fingerprint density at radius 1 is 1.09 bits per heavy atom. The highest BCUT2D eigenvalue weighted by Crippen LogP contribution is 2.34. The smallest absolute Gasteiger partial charge is 0.339 e. The van der Waals surface area contributed by atoms with E-state index in [4.69, 9.17) is 9.47 Å². The molecule has 0 amide bonds. The number of carbonyl (C=O) groups excluding carboxylic acids is 3. The lowest BCUT2D eigenvalue weighted by Gasteiger charge is -2.28. The molecular formula is C17H20O5. The van der Waals surface area contributed by atoms with Gasteiger partial charge in [-0.05, 0) is 29.9 Å². The Labute approximate surface area is 129 Å². The van der Waals surface area contributed by atoms with E-state index in [1.165, 1.54) is 20.3 Å². The average molecular weight is 304 g/mol. The number of ketones is 1. The Kier molecular flexibility index (Phi) is 4.64. The Hall–Kier alpha value is -2.17. The van der Waals surface area contributed by atoms with Crippen LogP contribution in [0.5, 0.6) is 0 Å². The molecule has 5 heteroatoms. The predicted octanol–water partition coefficient (Wildman–Crippen LogP) is 2.66. The molecule has 1 aliphatic rings. The van der Waals surface area contributed by atoms with E-state index in [0.717, 1.165) is 0 Å². The zero-order valence-electron chi connectivity index (χ0n) is 13.3. The van der Waals surface area contributed by atoms with Gasteiger partial charge in [-0.15, -0.1) is 0 Å². The minimum Gasteiger partial charge on any atom is -0.465 e. The summed E-state index contributed by atoms with van der Waals surface area (Å²) in [5.41, 5.74) is 1.41. The van der Waals surface area contributed by atoms with Crippen LogP contribution in [0.15, 0.2) is 12.1 Å². The summed E-state index contributed by atoms with van der Waals surface area (Å²) < 4.78 is 9.54. The number of esters is 2. The molecule has 0 radical (unpaired) electrons. The summed E-state index contributed by atoms with van der Waals surface area (Å²) in [4.78, 5) is 36.4. The molecule has 0 heterocycles. The van der Waals surface area contributed by atoms with Crippen molar-refractivity contribution in [1.29, 1.82) is 0 Å². The van der Waals surface area contributed by atoms with Crippen LogP contribution in [0, 0.1) is 11.8 Å². The zero-order chi connectivity index (χ0) is 16.4. The van der Waals surface area contributed by atoms with Gasteiger partial charge in [0.25, 0.3) is 0 Å². The SMILES string of the molecule is COC(=O)c1ccc2c(c1C(=O)OC)CC(C(C)C)CC2=O. The van der Waals surface area contributed by atoms with Gasteiger partial charge in [0, 0.05) is 12.0 Å². The number of methoxy groups -OCH3 is 2. The van der Waals surface area contributed by atoms with Crippen molar-refractivity contribution in [2.24, 2.45) is 11.8 Å². The molecule has 0 saturated heterocycles. The molecule has 0 aromatic heterocycles. The normalized spacial score (nSPS) is 17.1. The van der Waals surface area contributed by atoms with Crippen LogP contribution in [0.4, 0.5) is 0 Å². The van der Waals surface area contributed by atoms with E-state index in [0.29, 0.717) is 29.9 Å². The first-order valence-corrected chi connectivity index (χ1v) is 7.26. The van der Waals surface area contributed by atoms with Gasteiger partial charge in [0.05, 0.1) is 25.3 Å². The number of carbonyl (C=O) groups is 3. The fourth-order valence-electron chi connectivity index (χ4n) is 2.89. The second-order valence-corrected chi connectivity index (χ2v) is 5.83. The molecule has 2 rings (SSSR count). The predicted molar refractivity (Wildman–Crippen MR) is 80.1 cm³/mol. The molecule has 5 nitrogen and oxygen atoms in total. The number of hydrogen-bond acceptors (Lipinski definition) is 5. The van der Waals surface area contributed by atoms with Crippen molar-refractivity contribution >= 4 is 17.7 Å². The molecule has 0 spiro atoms. The quantitative estimate of drug-likeness (QED) is 0.803. The monoisotopic (exact) mass is 304 g/mol. The van der Waals surface area contributed by atoms with Crippen molar-refractivity contribution in [3.8, 4) is 0 Å². The lowest BCUT2D eigenvalue weighted by atomic mass is 9.75. The third kappa shape index (κ3) is 2.75. The van der Waals surface area contributed by atoms with Crippen LogP contribution in [0.3, 0.4) is 0 Å². The molecule has 0 saturated carbocycles. The van der Waals surface area contributed by atoms with Gasteiger partial charge in [0.1, 0.15) is 0 Å². The van der Waals surface area contributed by atoms with Crippen LogP contribution in [0.2, 0.25) is 0 Å². The molecule has 1 aromatic carbocycles. The summed E-state index contributed by atoms with van der Waals surface area (Å²) in [6.45, 7) is 4.09. The van der Waals surface area contributed by atoms with Gasteiger partial charge in [-0.25, -0.2) is 9.59 Å². The summed E-state index contributed by atoms with van der Waals surface area (Å²) in [6, 6.07) is 3.07. The summed E-state index contributed by atoms with van der Waals surface area (Å²) in [7, 11) is 2.51. The van der Waals surface area contributed by atoms with Gasteiger partial charge in [0.2, 0.25) is 0 Å². The van der Waals surface area contributed by atoms with E-state index in [1.807, 2.05) is 13.8 Å². The fraction of sp³-hybridized carbons (Fsp3) is 0.471. The number of benzene rings is 1. The van der Waals surface area contributed by atoms with E-state index >= 15 is 0 Å². The number of fused-ring (bicyclic) bond motifs is 1. The molecule has 1 unspecified atom stereocenters. The van der Waals surface area contributed by atoms with Crippen molar-refractivity contribution < 1.29 is 23.9 Å². The van der Waals surface area contributed by atoms with Gasteiger partial charge in [-0.3, -0.25) is 4.79 Å². The highest BCUT2D eigenvalue weighted by Gasteiger charge is 2.33. The summed E-state index contributed by atoms with van der Waals surface area (Å²) in [5.74, 6) is -0.765. The topological polar surface area (TPSA) is 69.7 Å². The Bertz CT molecular complexity index is 630. The molecule has 1 atom stereocenters. The highest BCUT2D eigenvalue weighted by molar-refractivity contribution is 6.08. The summed E-state index contributed by atoms with van der Waals surface area (Å²) >= 11 is 0. The molecule has 0 fully saturated rings. The van der Waals surface area contributed by atoms with Crippen molar-refractivity contribution in [3.05, 3.63) is 34.4 Å². The Morgan fingerprint density at radius 2 is 1.73 bits per heavy atom. The van der Waals surface area contributed by atoms with Crippen LogP contribution in [0.25, 0.3) is 0 Å². The standard InChI is InChI=1S/C17H20O5/c1-9(2)10-7-13-11(14(18)8-10)5-6-12(16(19)21-3)15(13)17(20)22-4/h5-6,9-10H,7-8H2,1-4H3. The van der Waals surface area contributed by atoms with Crippen LogP contribution in [0.1, 0.15) is 56.9 Å². The van der Waals surface area contributed by atoms with Crippen molar-refractivity contribution in [3.63, 3.8) is 0 Å². The van der Waals surface area contributed by atoms with E-state index in [-0.39, 0.29) is 22.8 Å². The van der Waals surface area contributed by atoms with Gasteiger partial charge in [0.15, 0.2) is 5.78 Å². The molecule has 118 valence electrons. The Morgan fingerprint density at radius 3 is 2.27 bits per heavy atom. The third-order valence-electron chi connectivity index (χ3n) is 4.26. The zero-order valence-corrected chi connectivity index (χ0v) is 13.3. The summed E-state index contributed by atoms with van der Waals surface area (Å²) in [5, 5.41) is 0. The average Bonchev–Trinajstić information content (AvgIpc) is 2.51. The van der Waals surface area contributed by atoms with Crippen LogP contribution in [-0.2, 0) is 15.9 Å². The van der Waals surface area contributed by atoms with E-state index < -0.39 is 11.9 Å². The molecule has 0 N–H and O–H groups in total. The fourth-order valence-corrected chi connectivity index (χ4v) is 2.89. The first kappa shape index (κ1) is 16.2. The van der Waals surface area contributed by atoms with Crippen LogP contribution < -0.4 is 0 Å². The second-order valence-electron chi connectivity index (χ2n) is 5.83. The number of Topliss-reactive ketones (excluding diaryl/α,β-unsaturated/α-hetero) is 1. The number of rotatable bonds is 3. The van der Waals surface area contributed by atoms with E-state index in [9.17, 15) is 14.4 Å². The summed E-state index contributed by atoms with van der Waals surface area (Å²) in [6.07, 6.45) is 1.04. The maximum atomic E-state index is 12.3. The second kappa shape index (κ2) is 6.30. The minimum atomic E-state index is -0.616. The van der Waals surface area contributed by atoms with E-state index in [1.54, 1.807) is 6.07 Å². The van der Waals surface area contributed by atoms with Gasteiger partial charge in [-0.1, -0.05) is 19.9 Å². The van der Waals surface area contributed by atoms with Gasteiger partial charge in [-0.2, -0.15) is 0 Å². The first-order chi connectivity index (χ1) is 10.4. The van der Waals surface area contributed by atoms with Crippen molar-refractivity contribution in [1.82, 2.24) is 0 Å². The number of hydrogen-bond donors (Lipinski definition) is 0.